The van der Waals surface area contributed by atoms with Crippen molar-refractivity contribution in [1.82, 2.24) is 0 Å². The van der Waals surface area contributed by atoms with E-state index in [0.717, 1.165) is 0 Å². The van der Waals surface area contributed by atoms with Crippen molar-refractivity contribution in [3.8, 4) is 0 Å². The summed E-state index contributed by atoms with van der Waals surface area (Å²) in [6, 6.07) is 12.0. The van der Waals surface area contributed by atoms with Gasteiger partial charge in [-0.25, -0.2) is 0 Å². The van der Waals surface area contributed by atoms with Crippen LogP contribution in [0.15, 0.2) is 53.6 Å². The quantitative estimate of drug-likeness (QED) is 0.485. The zero-order valence-corrected chi connectivity index (χ0v) is 13.0. The first-order valence-electron chi connectivity index (χ1n) is 6.26. The number of halogens is 2. The first-order chi connectivity index (χ1) is 11.0. The molecule has 0 saturated heterocycles. The summed E-state index contributed by atoms with van der Waals surface area (Å²) in [5, 5.41) is 17.0. The number of amides is 1. The molecule has 0 spiro atoms. The molecule has 118 valence electrons. The number of carbonyl (C=O) groups is 1. The molecule has 0 unspecified atom stereocenters. The molecule has 0 aliphatic carbocycles. The van der Waals surface area contributed by atoms with Crippen LogP contribution in [0.5, 0.6) is 0 Å². The normalized spacial score (nSPS) is 11.0. The Kier molecular flexibility index (Phi) is 5.51. The largest absolute Gasteiger partial charge is 0.320 e. The third-order valence-corrected chi connectivity index (χ3v) is 3.16. The highest BCUT2D eigenvalue weighted by Gasteiger charge is 2.09. The van der Waals surface area contributed by atoms with Crippen molar-refractivity contribution < 1.29 is 9.72 Å². The van der Waals surface area contributed by atoms with E-state index in [9.17, 15) is 14.9 Å². The van der Waals surface area contributed by atoms with E-state index in [-0.39, 0.29) is 10.9 Å². The second-order valence-corrected chi connectivity index (χ2v) is 5.07. The predicted molar refractivity (Wildman–Crippen MR) is 90.1 cm³/mol. The molecule has 2 aromatic carbocycles. The molecule has 23 heavy (non-hydrogen) atoms. The van der Waals surface area contributed by atoms with Gasteiger partial charge in [0.2, 0.25) is 5.17 Å². The van der Waals surface area contributed by atoms with Gasteiger partial charge in [-0.05, 0) is 36.4 Å². The molecule has 2 N–H and O–H groups in total. The number of hydrazone groups is 1. The SMILES string of the molecule is O=C(Nc1ccc(Cl)cc1)/C(Cl)=N/Nc1ccc([N+](=O)[O-])cc1. The number of nitrogens with one attached hydrogen (secondary N) is 2. The second-order valence-electron chi connectivity index (χ2n) is 4.28. The summed E-state index contributed by atoms with van der Waals surface area (Å²) in [7, 11) is 0. The molecule has 0 bridgehead atoms. The van der Waals surface area contributed by atoms with Gasteiger partial charge >= 0.3 is 0 Å². The Hall–Kier alpha value is -2.64. The lowest BCUT2D eigenvalue weighted by Gasteiger charge is -2.04. The van der Waals surface area contributed by atoms with Gasteiger partial charge in [0.05, 0.1) is 10.6 Å². The number of hydrogen-bond donors (Lipinski definition) is 2. The smallest absolute Gasteiger partial charge is 0.287 e. The monoisotopic (exact) mass is 352 g/mol. The van der Waals surface area contributed by atoms with Gasteiger partial charge in [-0.2, -0.15) is 5.10 Å². The number of nitrogens with zero attached hydrogens (tertiary/aromatic N) is 2. The van der Waals surface area contributed by atoms with E-state index in [2.05, 4.69) is 15.8 Å². The molecule has 1 amide bonds. The van der Waals surface area contributed by atoms with E-state index >= 15 is 0 Å². The van der Waals surface area contributed by atoms with Crippen LogP contribution in [-0.2, 0) is 4.79 Å². The summed E-state index contributed by atoms with van der Waals surface area (Å²) < 4.78 is 0. The van der Waals surface area contributed by atoms with Gasteiger partial charge in [-0.15, -0.1) is 0 Å². The minimum Gasteiger partial charge on any atom is -0.320 e. The van der Waals surface area contributed by atoms with Gasteiger partial charge in [0.25, 0.3) is 11.6 Å². The van der Waals surface area contributed by atoms with Gasteiger partial charge in [-0.1, -0.05) is 23.2 Å². The standard InChI is InChI=1S/C14H10Cl2N4O3/c15-9-1-3-10(4-2-9)17-14(21)13(16)19-18-11-5-7-12(8-6-11)20(22)23/h1-8,18H,(H,17,21)/b19-13-. The maximum atomic E-state index is 11.8. The molecule has 0 atom stereocenters. The van der Waals surface area contributed by atoms with Crippen LogP contribution in [0.4, 0.5) is 17.1 Å². The summed E-state index contributed by atoms with van der Waals surface area (Å²) in [5.41, 5.74) is 3.46. The highest BCUT2D eigenvalue weighted by molar-refractivity contribution is 6.84. The van der Waals surface area contributed by atoms with Crippen molar-refractivity contribution in [3.63, 3.8) is 0 Å². The van der Waals surface area contributed by atoms with Crippen molar-refractivity contribution in [2.24, 2.45) is 5.10 Å². The van der Waals surface area contributed by atoms with Gasteiger partial charge in [0, 0.05) is 22.8 Å². The van der Waals surface area contributed by atoms with Crippen molar-refractivity contribution in [2.45, 2.75) is 0 Å². The molecule has 0 radical (unpaired) electrons. The zero-order chi connectivity index (χ0) is 16.8. The van der Waals surface area contributed by atoms with E-state index in [4.69, 9.17) is 23.2 Å². The van der Waals surface area contributed by atoms with E-state index < -0.39 is 10.8 Å². The molecule has 0 aliphatic heterocycles. The summed E-state index contributed by atoms with van der Waals surface area (Å²) >= 11 is 11.5. The number of benzene rings is 2. The van der Waals surface area contributed by atoms with Gasteiger partial charge in [-0.3, -0.25) is 20.3 Å². The molecule has 9 heteroatoms. The first-order valence-corrected chi connectivity index (χ1v) is 7.02. The minimum atomic E-state index is -0.608. The molecule has 2 aromatic rings. The van der Waals surface area contributed by atoms with Crippen LogP contribution in [0.1, 0.15) is 0 Å². The number of rotatable bonds is 5. The average Bonchev–Trinajstić information content (AvgIpc) is 2.55. The number of hydrogen-bond acceptors (Lipinski definition) is 5. The fourth-order valence-corrected chi connectivity index (χ4v) is 1.75. The zero-order valence-electron chi connectivity index (χ0n) is 11.5. The Balaban J connectivity index is 1.97. The Labute approximate surface area is 141 Å². The van der Waals surface area contributed by atoms with Gasteiger partial charge in [0.15, 0.2) is 0 Å². The maximum Gasteiger partial charge on any atom is 0.287 e. The maximum absolute atomic E-state index is 11.8. The van der Waals surface area contributed by atoms with Crippen molar-refractivity contribution in [1.29, 1.82) is 0 Å². The molecular formula is C14H10Cl2N4O3. The third kappa shape index (κ3) is 4.94. The lowest BCUT2D eigenvalue weighted by atomic mass is 10.3. The molecule has 0 fully saturated rings. The lowest BCUT2D eigenvalue weighted by molar-refractivity contribution is -0.384. The van der Waals surface area contributed by atoms with Crippen LogP contribution < -0.4 is 10.7 Å². The van der Waals surface area contributed by atoms with Crippen LogP contribution in [0.3, 0.4) is 0 Å². The summed E-state index contributed by atoms with van der Waals surface area (Å²) in [6.45, 7) is 0. The lowest BCUT2D eigenvalue weighted by Crippen LogP contribution is -2.19. The number of non-ortho nitro benzene ring substituents is 1. The van der Waals surface area contributed by atoms with Crippen LogP contribution in [0, 0.1) is 10.1 Å². The number of nitro groups is 1. The first kappa shape index (κ1) is 16.7. The van der Waals surface area contributed by atoms with Crippen LogP contribution in [0.2, 0.25) is 5.02 Å². The third-order valence-electron chi connectivity index (χ3n) is 2.65. The Bertz CT molecular complexity index is 746. The van der Waals surface area contributed by atoms with Gasteiger partial charge in [0.1, 0.15) is 0 Å². The minimum absolute atomic E-state index is 0.0499. The molecule has 0 aliphatic rings. The Morgan fingerprint density at radius 3 is 2.17 bits per heavy atom. The molecule has 0 saturated carbocycles. The highest BCUT2D eigenvalue weighted by Crippen LogP contribution is 2.16. The fraction of sp³-hybridized carbons (Fsp3) is 0. The van der Waals surface area contributed by atoms with Crippen LogP contribution in [0.25, 0.3) is 0 Å². The van der Waals surface area contributed by atoms with Crippen molar-refractivity contribution in [2.75, 3.05) is 10.7 Å². The number of carbonyl (C=O) groups excluding carboxylic acids is 1. The fourth-order valence-electron chi connectivity index (χ4n) is 1.54. The molecule has 2 rings (SSSR count). The summed E-state index contributed by atoms with van der Waals surface area (Å²) in [6.07, 6.45) is 0. The predicted octanol–water partition coefficient (Wildman–Crippen LogP) is 3.85. The Morgan fingerprint density at radius 1 is 1.04 bits per heavy atom. The van der Waals surface area contributed by atoms with E-state index in [1.54, 1.807) is 24.3 Å². The van der Waals surface area contributed by atoms with E-state index in [1.807, 2.05) is 0 Å². The number of anilines is 2. The molecular weight excluding hydrogens is 343 g/mol. The average molecular weight is 353 g/mol. The highest BCUT2D eigenvalue weighted by atomic mass is 35.5. The molecule has 0 heterocycles. The van der Waals surface area contributed by atoms with Crippen molar-refractivity contribution in [3.05, 3.63) is 63.7 Å². The Morgan fingerprint density at radius 2 is 1.61 bits per heavy atom. The topological polar surface area (TPSA) is 96.6 Å². The number of nitro benzene ring substituents is 1. The van der Waals surface area contributed by atoms with Crippen LogP contribution in [-0.4, -0.2) is 16.0 Å². The van der Waals surface area contributed by atoms with Crippen molar-refractivity contribution >= 4 is 51.3 Å². The molecule has 7 nitrogen and oxygen atoms in total. The van der Waals surface area contributed by atoms with E-state index in [1.165, 1.54) is 24.3 Å². The molecule has 0 aromatic heterocycles. The second kappa shape index (κ2) is 7.57. The summed E-state index contributed by atoms with van der Waals surface area (Å²) in [4.78, 5) is 21.8. The van der Waals surface area contributed by atoms with E-state index in [0.29, 0.717) is 16.4 Å². The van der Waals surface area contributed by atoms with Crippen LogP contribution >= 0.6 is 23.2 Å². The summed E-state index contributed by atoms with van der Waals surface area (Å²) in [5.74, 6) is -0.608. The van der Waals surface area contributed by atoms with Gasteiger partial charge < -0.3 is 5.32 Å².